The van der Waals surface area contributed by atoms with E-state index in [1.807, 2.05) is 36.4 Å². The van der Waals surface area contributed by atoms with E-state index in [9.17, 15) is 4.79 Å². The molecule has 0 spiro atoms. The van der Waals surface area contributed by atoms with Crippen molar-refractivity contribution in [2.45, 2.75) is 5.25 Å². The first-order valence-corrected chi connectivity index (χ1v) is 9.63. The number of aromatic nitrogens is 1. The summed E-state index contributed by atoms with van der Waals surface area (Å²) in [7, 11) is 0. The van der Waals surface area contributed by atoms with Crippen LogP contribution in [0, 0.1) is 0 Å². The van der Waals surface area contributed by atoms with Gasteiger partial charge in [0.15, 0.2) is 5.43 Å². The minimum Gasteiger partial charge on any atom is -0.354 e. The highest BCUT2D eigenvalue weighted by molar-refractivity contribution is 8.02. The van der Waals surface area contributed by atoms with E-state index in [0.29, 0.717) is 0 Å². The molecule has 0 saturated heterocycles. The van der Waals surface area contributed by atoms with Gasteiger partial charge in [-0.2, -0.15) is 11.3 Å². The van der Waals surface area contributed by atoms with Crippen molar-refractivity contribution in [1.29, 1.82) is 0 Å². The number of benzene rings is 1. The van der Waals surface area contributed by atoms with Crippen LogP contribution >= 0.6 is 23.1 Å². The molecule has 3 heterocycles. The number of rotatable bonds is 1. The Hall–Kier alpha value is -2.30. The Kier molecular flexibility index (Phi) is 3.15. The van der Waals surface area contributed by atoms with Gasteiger partial charge in [-0.25, -0.2) is 0 Å². The Labute approximate surface area is 146 Å². The fourth-order valence-electron chi connectivity index (χ4n) is 3.41. The van der Waals surface area contributed by atoms with Gasteiger partial charge in [0.05, 0.1) is 16.2 Å². The predicted octanol–water partition coefficient (Wildman–Crippen LogP) is 5.55. The first kappa shape index (κ1) is 14.1. The number of H-pyrrole nitrogens is 1. The van der Waals surface area contributed by atoms with Gasteiger partial charge in [-0.05, 0) is 51.6 Å². The molecule has 116 valence electrons. The average Bonchev–Trinajstić information content (AvgIpc) is 3.24. The maximum atomic E-state index is 13.5. The summed E-state index contributed by atoms with van der Waals surface area (Å²) in [6, 6.07) is 14.2. The third kappa shape index (κ3) is 2.00. The van der Waals surface area contributed by atoms with E-state index in [2.05, 4.69) is 33.3 Å². The summed E-state index contributed by atoms with van der Waals surface area (Å²) >= 11 is 3.38. The third-order valence-corrected chi connectivity index (χ3v) is 6.29. The van der Waals surface area contributed by atoms with Crippen LogP contribution in [0.25, 0.3) is 27.9 Å². The van der Waals surface area contributed by atoms with E-state index in [0.717, 1.165) is 32.9 Å². The summed E-state index contributed by atoms with van der Waals surface area (Å²) in [6.45, 7) is 0. The number of thiophene rings is 1. The lowest BCUT2D eigenvalue weighted by Crippen LogP contribution is -2.13. The quantitative estimate of drug-likeness (QED) is 0.490. The molecular formula is C20H13NOS2. The maximum absolute atomic E-state index is 13.5. The fourth-order valence-corrected chi connectivity index (χ4v) is 5.24. The van der Waals surface area contributed by atoms with Crippen molar-refractivity contribution in [3.05, 3.63) is 85.5 Å². The summed E-state index contributed by atoms with van der Waals surface area (Å²) in [5, 5.41) is 8.16. The third-order valence-electron chi connectivity index (χ3n) is 4.52. The first-order valence-electron chi connectivity index (χ1n) is 7.75. The van der Waals surface area contributed by atoms with Crippen LogP contribution in [0.15, 0.2) is 63.4 Å². The second-order valence-corrected chi connectivity index (χ2v) is 7.66. The number of thioether (sulfide) groups is 1. The highest BCUT2D eigenvalue weighted by atomic mass is 32.2. The van der Waals surface area contributed by atoms with Crippen molar-refractivity contribution < 1.29 is 0 Å². The number of hydrogen-bond donors (Lipinski definition) is 1. The number of hydrogen-bond acceptors (Lipinski definition) is 3. The summed E-state index contributed by atoms with van der Waals surface area (Å²) < 4.78 is 0. The minimum absolute atomic E-state index is 0.0630. The van der Waals surface area contributed by atoms with Crippen LogP contribution < -0.4 is 5.43 Å². The molecule has 2 nitrogen and oxygen atoms in total. The smallest absolute Gasteiger partial charge is 0.193 e. The highest BCUT2D eigenvalue weighted by Gasteiger charge is 2.24. The molecule has 2 aromatic carbocycles. The molecule has 0 fully saturated rings. The molecule has 1 aliphatic rings. The normalized spacial score (nSPS) is 16.6. The number of aromatic amines is 1. The largest absolute Gasteiger partial charge is 0.354 e. The zero-order chi connectivity index (χ0) is 16.1. The Morgan fingerprint density at radius 3 is 2.79 bits per heavy atom. The standard InChI is InChI=1S/C20H13NOS2/c22-19-17-12(8-10-24-20(17)13-7-9-23-11-13)5-6-16-18(19)14-3-1-2-4-15(14)21-16/h1-11,20-21H. The molecule has 1 N–H and O–H groups in total. The first-order chi connectivity index (χ1) is 11.8. The summed E-state index contributed by atoms with van der Waals surface area (Å²) in [5.41, 5.74) is 5.15. The minimum atomic E-state index is 0.0630. The molecule has 0 radical (unpaired) electrons. The Morgan fingerprint density at radius 2 is 1.92 bits per heavy atom. The van der Waals surface area contributed by atoms with Gasteiger partial charge in [0.1, 0.15) is 0 Å². The molecule has 0 amide bonds. The van der Waals surface area contributed by atoms with Gasteiger partial charge in [-0.1, -0.05) is 24.3 Å². The van der Waals surface area contributed by atoms with Crippen molar-refractivity contribution >= 4 is 51.0 Å². The van der Waals surface area contributed by atoms with E-state index < -0.39 is 0 Å². The maximum Gasteiger partial charge on any atom is 0.193 e. The molecule has 1 atom stereocenters. The van der Waals surface area contributed by atoms with Gasteiger partial charge in [-0.3, -0.25) is 4.79 Å². The van der Waals surface area contributed by atoms with Crippen LogP contribution in [0.1, 0.15) is 21.9 Å². The topological polar surface area (TPSA) is 32.9 Å². The molecule has 5 rings (SSSR count). The summed E-state index contributed by atoms with van der Waals surface area (Å²) in [5.74, 6) is 0. The van der Waals surface area contributed by atoms with E-state index in [1.165, 1.54) is 5.56 Å². The molecule has 0 bridgehead atoms. The molecule has 1 unspecified atom stereocenters. The molecule has 1 aliphatic heterocycles. The van der Waals surface area contributed by atoms with Crippen LogP contribution in [0.3, 0.4) is 0 Å². The molecular weight excluding hydrogens is 334 g/mol. The van der Waals surface area contributed by atoms with E-state index in [-0.39, 0.29) is 10.7 Å². The van der Waals surface area contributed by atoms with Crippen LogP contribution in [0.2, 0.25) is 0 Å². The summed E-state index contributed by atoms with van der Waals surface area (Å²) in [4.78, 5) is 16.9. The van der Waals surface area contributed by atoms with Crippen LogP contribution in [0.5, 0.6) is 0 Å². The predicted molar refractivity (Wildman–Crippen MR) is 105 cm³/mol. The number of nitrogens with one attached hydrogen (secondary N) is 1. The van der Waals surface area contributed by atoms with Gasteiger partial charge < -0.3 is 4.98 Å². The van der Waals surface area contributed by atoms with Gasteiger partial charge in [0.2, 0.25) is 0 Å². The molecule has 0 saturated carbocycles. The van der Waals surface area contributed by atoms with E-state index in [1.54, 1.807) is 23.1 Å². The molecule has 4 heteroatoms. The van der Waals surface area contributed by atoms with Crippen LogP contribution in [-0.4, -0.2) is 4.98 Å². The van der Waals surface area contributed by atoms with Crippen molar-refractivity contribution in [1.82, 2.24) is 4.98 Å². The number of para-hydroxylation sites is 1. The summed E-state index contributed by atoms with van der Waals surface area (Å²) in [6.07, 6.45) is 2.05. The van der Waals surface area contributed by atoms with E-state index in [4.69, 9.17) is 0 Å². The van der Waals surface area contributed by atoms with Crippen molar-refractivity contribution in [2.75, 3.05) is 0 Å². The zero-order valence-corrected chi connectivity index (χ0v) is 14.3. The Balaban J connectivity index is 1.93. The Morgan fingerprint density at radius 1 is 1.00 bits per heavy atom. The Bertz CT molecular complexity index is 1160. The second-order valence-electron chi connectivity index (χ2n) is 5.87. The highest BCUT2D eigenvalue weighted by Crippen LogP contribution is 2.41. The SMILES string of the molecule is O=c1c2c(ccc3[nH]c4ccccc4c13)C=CSC2c1ccsc1. The lowest BCUT2D eigenvalue weighted by molar-refractivity contribution is 1.15. The monoisotopic (exact) mass is 347 g/mol. The van der Waals surface area contributed by atoms with Crippen molar-refractivity contribution in [2.24, 2.45) is 0 Å². The second kappa shape index (κ2) is 5.36. The van der Waals surface area contributed by atoms with E-state index >= 15 is 0 Å². The number of fused-ring (bicyclic) bond motifs is 4. The molecule has 4 aromatic rings. The lowest BCUT2D eigenvalue weighted by Gasteiger charge is -2.18. The molecule has 0 aliphatic carbocycles. The zero-order valence-electron chi connectivity index (χ0n) is 12.7. The van der Waals surface area contributed by atoms with Crippen LogP contribution in [0.4, 0.5) is 0 Å². The van der Waals surface area contributed by atoms with Gasteiger partial charge >= 0.3 is 0 Å². The molecule has 24 heavy (non-hydrogen) atoms. The van der Waals surface area contributed by atoms with Crippen molar-refractivity contribution in [3.63, 3.8) is 0 Å². The van der Waals surface area contributed by atoms with Gasteiger partial charge in [-0.15, -0.1) is 11.8 Å². The van der Waals surface area contributed by atoms with Gasteiger partial charge in [0.25, 0.3) is 0 Å². The fraction of sp³-hybridized carbons (Fsp3) is 0.0500. The van der Waals surface area contributed by atoms with Gasteiger partial charge in [0, 0.05) is 16.5 Å². The average molecular weight is 347 g/mol. The van der Waals surface area contributed by atoms with Crippen molar-refractivity contribution in [3.8, 4) is 0 Å². The van der Waals surface area contributed by atoms with Crippen LogP contribution in [-0.2, 0) is 0 Å². The molecule has 2 aromatic heterocycles. The lowest BCUT2D eigenvalue weighted by atomic mass is 10.0.